The van der Waals surface area contributed by atoms with Gasteiger partial charge in [0.2, 0.25) is 0 Å². The maximum Gasteiger partial charge on any atom is 0.320 e. The average Bonchev–Trinajstić information content (AvgIpc) is 2.93. The molecule has 120 valence electrons. The smallest absolute Gasteiger partial charge is 0.320 e. The van der Waals surface area contributed by atoms with E-state index >= 15 is 0 Å². The van der Waals surface area contributed by atoms with Gasteiger partial charge in [-0.25, -0.2) is 0 Å². The summed E-state index contributed by atoms with van der Waals surface area (Å²) in [6.45, 7) is 0.855. The highest BCUT2D eigenvalue weighted by atomic mass is 16.4. The Morgan fingerprint density at radius 2 is 1.91 bits per heavy atom. The van der Waals surface area contributed by atoms with Crippen LogP contribution in [0.3, 0.4) is 0 Å². The van der Waals surface area contributed by atoms with E-state index in [9.17, 15) is 14.7 Å². The van der Waals surface area contributed by atoms with Crippen molar-refractivity contribution in [2.75, 3.05) is 13.1 Å². The monoisotopic (exact) mass is 306 g/mol. The molecule has 0 aromatic heterocycles. The van der Waals surface area contributed by atoms with Crippen LogP contribution in [0, 0.1) is 5.92 Å². The Balaban J connectivity index is 1.85. The summed E-state index contributed by atoms with van der Waals surface area (Å²) in [5, 5.41) is 18.3. The lowest BCUT2D eigenvalue weighted by Crippen LogP contribution is -2.36. The highest BCUT2D eigenvalue weighted by Crippen LogP contribution is 2.25. The lowest BCUT2D eigenvalue weighted by atomic mass is 10.0. The number of aliphatic carboxylic acids is 2. The fourth-order valence-corrected chi connectivity index (χ4v) is 2.97. The second-order valence-corrected chi connectivity index (χ2v) is 5.78. The van der Waals surface area contributed by atoms with E-state index in [-0.39, 0.29) is 12.5 Å². The van der Waals surface area contributed by atoms with Gasteiger partial charge in [-0.15, -0.1) is 0 Å². The first-order chi connectivity index (χ1) is 10.5. The molecule has 2 rings (SSSR count). The first-order valence-corrected chi connectivity index (χ1v) is 7.49. The van der Waals surface area contributed by atoms with E-state index in [4.69, 9.17) is 10.8 Å². The Labute approximate surface area is 129 Å². The van der Waals surface area contributed by atoms with Crippen LogP contribution in [0.2, 0.25) is 0 Å². The molecule has 22 heavy (non-hydrogen) atoms. The van der Waals surface area contributed by atoms with Crippen LogP contribution in [-0.4, -0.2) is 46.2 Å². The summed E-state index contributed by atoms with van der Waals surface area (Å²) in [5.41, 5.74) is 7.18. The van der Waals surface area contributed by atoms with Gasteiger partial charge < -0.3 is 15.9 Å². The predicted octanol–water partition coefficient (Wildman–Crippen LogP) is 1.33. The Morgan fingerprint density at radius 1 is 1.23 bits per heavy atom. The molecule has 0 bridgehead atoms. The molecular weight excluding hydrogens is 284 g/mol. The minimum absolute atomic E-state index is 0.0812. The van der Waals surface area contributed by atoms with Gasteiger partial charge in [0.15, 0.2) is 0 Å². The molecule has 1 heterocycles. The number of benzene rings is 1. The third-order valence-electron chi connectivity index (χ3n) is 4.23. The van der Waals surface area contributed by atoms with Crippen LogP contribution in [0.5, 0.6) is 0 Å². The fourth-order valence-electron chi connectivity index (χ4n) is 2.97. The van der Waals surface area contributed by atoms with Gasteiger partial charge >= 0.3 is 11.9 Å². The molecule has 2 unspecified atom stereocenters. The molecule has 1 aromatic rings. The Morgan fingerprint density at radius 3 is 2.50 bits per heavy atom. The second kappa shape index (κ2) is 7.38. The maximum absolute atomic E-state index is 11.2. The van der Waals surface area contributed by atoms with Gasteiger partial charge in [0.05, 0.1) is 5.92 Å². The summed E-state index contributed by atoms with van der Waals surface area (Å²) in [5.74, 6) is -2.46. The molecule has 3 atom stereocenters. The Kier molecular flexibility index (Phi) is 5.51. The fraction of sp³-hybridized carbons (Fsp3) is 0.500. The van der Waals surface area contributed by atoms with Crippen LogP contribution in [0.25, 0.3) is 0 Å². The quantitative estimate of drug-likeness (QED) is 0.702. The molecule has 4 N–H and O–H groups in total. The summed E-state index contributed by atoms with van der Waals surface area (Å²) in [7, 11) is 0. The SMILES string of the molecule is N[C@H](CCCN1CC(C(=O)O)CC1C(=O)O)c1ccccc1. The van der Waals surface area contributed by atoms with Crippen molar-refractivity contribution in [1.29, 1.82) is 0 Å². The van der Waals surface area contributed by atoms with Crippen molar-refractivity contribution in [1.82, 2.24) is 4.90 Å². The van der Waals surface area contributed by atoms with Crippen LogP contribution < -0.4 is 5.73 Å². The van der Waals surface area contributed by atoms with Gasteiger partial charge in [-0.2, -0.15) is 0 Å². The molecular formula is C16H22N2O4. The van der Waals surface area contributed by atoms with Crippen molar-refractivity contribution in [3.63, 3.8) is 0 Å². The third kappa shape index (κ3) is 4.05. The zero-order valence-electron chi connectivity index (χ0n) is 12.4. The number of hydrogen-bond acceptors (Lipinski definition) is 4. The van der Waals surface area contributed by atoms with Crippen molar-refractivity contribution in [2.24, 2.45) is 11.7 Å². The maximum atomic E-state index is 11.2. The number of likely N-dealkylation sites (tertiary alicyclic amines) is 1. The molecule has 0 spiro atoms. The Hall–Kier alpha value is -1.92. The summed E-state index contributed by atoms with van der Waals surface area (Å²) < 4.78 is 0. The van der Waals surface area contributed by atoms with E-state index < -0.39 is 23.9 Å². The van der Waals surface area contributed by atoms with Crippen LogP contribution in [-0.2, 0) is 9.59 Å². The average molecular weight is 306 g/mol. The first kappa shape index (κ1) is 16.5. The van der Waals surface area contributed by atoms with Crippen molar-refractivity contribution in [3.8, 4) is 0 Å². The standard InChI is InChI=1S/C16H22N2O4/c17-13(11-5-2-1-3-6-11)7-4-8-18-10-12(15(19)20)9-14(18)16(21)22/h1-3,5-6,12-14H,4,7-10,17H2,(H,19,20)(H,21,22)/t12?,13-,14?/m1/s1. The molecule has 1 fully saturated rings. The summed E-state index contributed by atoms with van der Waals surface area (Å²) in [6.07, 6.45) is 1.66. The molecule has 1 aromatic carbocycles. The van der Waals surface area contributed by atoms with Gasteiger partial charge in [-0.05, 0) is 31.4 Å². The molecule has 0 amide bonds. The van der Waals surface area contributed by atoms with E-state index in [0.717, 1.165) is 18.4 Å². The normalized spacial score (nSPS) is 23.3. The third-order valence-corrected chi connectivity index (χ3v) is 4.23. The summed E-state index contributed by atoms with van der Waals surface area (Å²) >= 11 is 0. The molecule has 6 heteroatoms. The second-order valence-electron chi connectivity index (χ2n) is 5.78. The molecule has 1 aliphatic heterocycles. The minimum Gasteiger partial charge on any atom is -0.481 e. The number of hydrogen-bond donors (Lipinski definition) is 3. The van der Waals surface area contributed by atoms with Crippen molar-refractivity contribution in [2.45, 2.75) is 31.3 Å². The van der Waals surface area contributed by atoms with Crippen molar-refractivity contribution >= 4 is 11.9 Å². The lowest BCUT2D eigenvalue weighted by molar-refractivity contribution is -0.142. The molecule has 0 saturated carbocycles. The highest BCUT2D eigenvalue weighted by molar-refractivity contribution is 5.77. The van der Waals surface area contributed by atoms with E-state index in [1.165, 1.54) is 0 Å². The largest absolute Gasteiger partial charge is 0.481 e. The van der Waals surface area contributed by atoms with Gasteiger partial charge in [-0.3, -0.25) is 14.5 Å². The van der Waals surface area contributed by atoms with Gasteiger partial charge in [0.1, 0.15) is 6.04 Å². The highest BCUT2D eigenvalue weighted by Gasteiger charge is 2.39. The molecule has 6 nitrogen and oxygen atoms in total. The van der Waals surface area contributed by atoms with Gasteiger partial charge in [-0.1, -0.05) is 30.3 Å². The van der Waals surface area contributed by atoms with E-state index in [1.807, 2.05) is 30.3 Å². The van der Waals surface area contributed by atoms with Crippen LogP contribution in [0.1, 0.15) is 30.9 Å². The minimum atomic E-state index is -0.948. The predicted molar refractivity (Wildman–Crippen MR) is 81.3 cm³/mol. The van der Waals surface area contributed by atoms with E-state index in [2.05, 4.69) is 0 Å². The van der Waals surface area contributed by atoms with Crippen molar-refractivity contribution in [3.05, 3.63) is 35.9 Å². The van der Waals surface area contributed by atoms with Crippen LogP contribution in [0.4, 0.5) is 0 Å². The van der Waals surface area contributed by atoms with Crippen LogP contribution >= 0.6 is 0 Å². The number of carboxylic acid groups (broad SMARTS) is 2. The zero-order chi connectivity index (χ0) is 16.1. The van der Waals surface area contributed by atoms with Gasteiger partial charge in [0.25, 0.3) is 0 Å². The lowest BCUT2D eigenvalue weighted by Gasteiger charge is -2.21. The molecule has 1 saturated heterocycles. The zero-order valence-corrected chi connectivity index (χ0v) is 12.4. The molecule has 0 radical (unpaired) electrons. The van der Waals surface area contributed by atoms with Crippen molar-refractivity contribution < 1.29 is 19.8 Å². The summed E-state index contributed by atoms with van der Waals surface area (Å²) in [6, 6.07) is 8.98. The number of nitrogens with zero attached hydrogens (tertiary/aromatic N) is 1. The Bertz CT molecular complexity index is 520. The van der Waals surface area contributed by atoms with E-state index in [1.54, 1.807) is 4.90 Å². The molecule has 0 aliphatic carbocycles. The molecule has 1 aliphatic rings. The van der Waals surface area contributed by atoms with E-state index in [0.29, 0.717) is 13.1 Å². The van der Waals surface area contributed by atoms with Gasteiger partial charge in [0, 0.05) is 12.6 Å². The number of nitrogens with two attached hydrogens (primary N) is 1. The number of carbonyl (C=O) groups is 2. The number of rotatable bonds is 7. The van der Waals surface area contributed by atoms with Crippen LogP contribution in [0.15, 0.2) is 30.3 Å². The topological polar surface area (TPSA) is 104 Å². The number of carboxylic acids is 2. The first-order valence-electron chi connectivity index (χ1n) is 7.49. The summed E-state index contributed by atoms with van der Waals surface area (Å²) in [4.78, 5) is 24.0.